The number of aromatic nitrogens is 1. The van der Waals surface area contributed by atoms with E-state index in [4.69, 9.17) is 21.9 Å². The molecule has 4 aromatic rings. The molecule has 0 radical (unpaired) electrons. The van der Waals surface area contributed by atoms with E-state index in [1.807, 2.05) is 66.7 Å². The number of amides is 1. The van der Waals surface area contributed by atoms with Crippen LogP contribution in [0.15, 0.2) is 77.7 Å². The number of anilines is 1. The van der Waals surface area contributed by atoms with Gasteiger partial charge in [0.1, 0.15) is 10.8 Å². The van der Waals surface area contributed by atoms with Gasteiger partial charge in [0.25, 0.3) is 0 Å². The van der Waals surface area contributed by atoms with Crippen molar-refractivity contribution in [2.75, 3.05) is 18.5 Å². The summed E-state index contributed by atoms with van der Waals surface area (Å²) >= 11 is 3.16. The molecule has 0 spiro atoms. The summed E-state index contributed by atoms with van der Waals surface area (Å²) in [6.07, 6.45) is 0.680. The van der Waals surface area contributed by atoms with Crippen LogP contribution < -0.4 is 21.1 Å². The number of nitrogen functional groups attached to an aromatic ring is 1. The van der Waals surface area contributed by atoms with Crippen molar-refractivity contribution >= 4 is 50.9 Å². The Bertz CT molecular complexity index is 1290. The first-order valence-electron chi connectivity index (χ1n) is 10.7. The first-order valence-corrected chi connectivity index (χ1v) is 12.4. The molecule has 1 unspecified atom stereocenters. The normalized spacial score (nSPS) is 11.9. The van der Waals surface area contributed by atoms with E-state index in [1.54, 1.807) is 23.3 Å². The zero-order chi connectivity index (χ0) is 24.1. The molecule has 7 nitrogen and oxygen atoms in total. The monoisotopic (exact) mass is 490 g/mol. The molecule has 0 saturated carbocycles. The third-order valence-electron chi connectivity index (χ3n) is 5.36. The van der Waals surface area contributed by atoms with Crippen molar-refractivity contribution in [2.45, 2.75) is 17.4 Å². The van der Waals surface area contributed by atoms with Gasteiger partial charge in [-0.15, -0.1) is 11.3 Å². The Morgan fingerprint density at radius 2 is 1.94 bits per heavy atom. The number of fused-ring (bicyclic) bond motifs is 1. The predicted octanol–water partition coefficient (Wildman–Crippen LogP) is 4.08. The van der Waals surface area contributed by atoms with E-state index in [-0.39, 0.29) is 24.3 Å². The Kier molecular flexibility index (Phi) is 7.59. The molecule has 0 aliphatic rings. The SMILES string of the molecule is CN(C(=O)CN)c1cccc(SNC(Cc2cccc(C(=N)N)c2)c2nc3ccccc3s2)c1. The van der Waals surface area contributed by atoms with Crippen LogP contribution in [0.1, 0.15) is 22.2 Å². The second-order valence-corrected chi connectivity index (χ2v) is 9.74. The minimum absolute atomic E-state index is 0.0366. The number of amidine groups is 1. The number of nitrogens with zero attached hydrogens (tertiary/aromatic N) is 2. The zero-order valence-corrected chi connectivity index (χ0v) is 20.3. The highest BCUT2D eigenvalue weighted by atomic mass is 32.2. The predicted molar refractivity (Wildman–Crippen MR) is 141 cm³/mol. The lowest BCUT2D eigenvalue weighted by Gasteiger charge is -2.19. The fraction of sp³-hybridized carbons (Fsp3) is 0.160. The highest BCUT2D eigenvalue weighted by molar-refractivity contribution is 7.97. The molecular formula is C25H26N6OS2. The molecule has 1 heterocycles. The second-order valence-electron chi connectivity index (χ2n) is 7.76. The van der Waals surface area contributed by atoms with E-state index in [0.717, 1.165) is 31.4 Å². The summed E-state index contributed by atoms with van der Waals surface area (Å²) in [4.78, 5) is 19.4. The van der Waals surface area contributed by atoms with Crippen LogP contribution >= 0.6 is 23.3 Å². The Hall–Kier alpha value is -3.24. The van der Waals surface area contributed by atoms with Crippen LogP contribution in [0.2, 0.25) is 0 Å². The van der Waals surface area contributed by atoms with Crippen LogP contribution in [0.3, 0.4) is 0 Å². The number of likely N-dealkylation sites (N-methyl/N-ethyl adjacent to an activating group) is 1. The zero-order valence-electron chi connectivity index (χ0n) is 18.7. The highest BCUT2D eigenvalue weighted by Crippen LogP contribution is 2.31. The smallest absolute Gasteiger partial charge is 0.240 e. The number of rotatable bonds is 9. The molecule has 0 aliphatic heterocycles. The van der Waals surface area contributed by atoms with Gasteiger partial charge in [-0.25, -0.2) is 9.71 Å². The average molecular weight is 491 g/mol. The fourth-order valence-electron chi connectivity index (χ4n) is 3.50. The van der Waals surface area contributed by atoms with Crippen LogP contribution in [0.25, 0.3) is 10.2 Å². The van der Waals surface area contributed by atoms with Gasteiger partial charge in [-0.05, 0) is 60.3 Å². The van der Waals surface area contributed by atoms with Crippen molar-refractivity contribution in [1.29, 1.82) is 5.41 Å². The van der Waals surface area contributed by atoms with Crippen LogP contribution in [-0.2, 0) is 11.2 Å². The van der Waals surface area contributed by atoms with Gasteiger partial charge in [-0.2, -0.15) is 0 Å². The van der Waals surface area contributed by atoms with Crippen molar-refractivity contribution in [2.24, 2.45) is 11.5 Å². The quantitative estimate of drug-likeness (QED) is 0.159. The van der Waals surface area contributed by atoms with Crippen LogP contribution in [0.5, 0.6) is 0 Å². The molecule has 0 aliphatic carbocycles. The van der Waals surface area contributed by atoms with E-state index in [1.165, 1.54) is 11.9 Å². The third kappa shape index (κ3) is 5.63. The van der Waals surface area contributed by atoms with Crippen LogP contribution in [0, 0.1) is 5.41 Å². The summed E-state index contributed by atoms with van der Waals surface area (Å²) in [5.74, 6) is -0.0958. The van der Waals surface area contributed by atoms with Gasteiger partial charge in [0.2, 0.25) is 5.91 Å². The van der Waals surface area contributed by atoms with Gasteiger partial charge in [-0.3, -0.25) is 10.2 Å². The van der Waals surface area contributed by atoms with Gasteiger partial charge in [0.15, 0.2) is 0 Å². The molecule has 0 fully saturated rings. The number of carbonyl (C=O) groups is 1. The molecule has 1 amide bonds. The number of nitrogens with one attached hydrogen (secondary N) is 2. The van der Waals surface area contributed by atoms with Crippen molar-refractivity contribution in [3.63, 3.8) is 0 Å². The van der Waals surface area contributed by atoms with E-state index in [0.29, 0.717) is 12.0 Å². The Labute approximate surface area is 206 Å². The van der Waals surface area contributed by atoms with Gasteiger partial charge in [0.05, 0.1) is 22.8 Å². The molecule has 6 N–H and O–H groups in total. The number of thiazole rings is 1. The summed E-state index contributed by atoms with van der Waals surface area (Å²) in [6.45, 7) is -0.0366. The number of hydrogen-bond acceptors (Lipinski definition) is 7. The average Bonchev–Trinajstić information content (AvgIpc) is 3.30. The summed E-state index contributed by atoms with van der Waals surface area (Å²) < 4.78 is 4.71. The van der Waals surface area contributed by atoms with Crippen molar-refractivity contribution in [3.05, 3.63) is 88.9 Å². The third-order valence-corrected chi connectivity index (χ3v) is 7.40. The molecule has 1 aromatic heterocycles. The molecule has 174 valence electrons. The molecule has 9 heteroatoms. The molecule has 0 saturated heterocycles. The van der Waals surface area contributed by atoms with E-state index < -0.39 is 0 Å². The summed E-state index contributed by atoms with van der Waals surface area (Å²) in [5, 5.41) is 8.74. The topological polar surface area (TPSA) is 121 Å². The Morgan fingerprint density at radius 3 is 2.71 bits per heavy atom. The van der Waals surface area contributed by atoms with Gasteiger partial charge in [-0.1, -0.05) is 36.4 Å². The van der Waals surface area contributed by atoms with Crippen molar-refractivity contribution in [1.82, 2.24) is 9.71 Å². The minimum atomic E-state index is -0.146. The largest absolute Gasteiger partial charge is 0.384 e. The molecule has 1 atom stereocenters. The lowest BCUT2D eigenvalue weighted by atomic mass is 10.0. The highest BCUT2D eigenvalue weighted by Gasteiger charge is 2.18. The maximum absolute atomic E-state index is 12.0. The number of nitrogens with two attached hydrogens (primary N) is 2. The van der Waals surface area contributed by atoms with E-state index >= 15 is 0 Å². The molecule has 34 heavy (non-hydrogen) atoms. The van der Waals surface area contributed by atoms with Crippen LogP contribution in [0.4, 0.5) is 5.69 Å². The summed E-state index contributed by atoms with van der Waals surface area (Å²) in [6, 6.07) is 23.5. The first kappa shape index (κ1) is 23.9. The maximum atomic E-state index is 12.0. The maximum Gasteiger partial charge on any atom is 0.240 e. The van der Waals surface area contributed by atoms with Crippen LogP contribution in [-0.4, -0.2) is 30.3 Å². The molecule has 0 bridgehead atoms. The number of benzene rings is 3. The minimum Gasteiger partial charge on any atom is -0.384 e. The first-order chi connectivity index (χ1) is 16.4. The second kappa shape index (κ2) is 10.8. The molecular weight excluding hydrogens is 464 g/mol. The summed E-state index contributed by atoms with van der Waals surface area (Å²) in [5.41, 5.74) is 14.7. The lowest BCUT2D eigenvalue weighted by molar-refractivity contribution is -0.117. The van der Waals surface area contributed by atoms with Gasteiger partial charge in [0, 0.05) is 23.2 Å². The van der Waals surface area contributed by atoms with Gasteiger partial charge < -0.3 is 16.4 Å². The fourth-order valence-corrected chi connectivity index (χ4v) is 5.39. The standard InChI is InChI=1S/C25H26N6OS2/c1-31(23(32)15-26)18-8-5-9-19(14-18)34-30-21(13-16-6-4-7-17(12-16)24(27)28)25-29-20-10-2-3-11-22(20)33-25/h2-12,14,21,30H,13,15,26H2,1H3,(H3,27,28). The van der Waals surface area contributed by atoms with Crippen molar-refractivity contribution in [3.8, 4) is 0 Å². The molecule has 3 aromatic carbocycles. The van der Waals surface area contributed by atoms with Crippen molar-refractivity contribution < 1.29 is 4.79 Å². The number of hydrogen-bond donors (Lipinski definition) is 4. The lowest BCUT2D eigenvalue weighted by Crippen LogP contribution is -2.32. The van der Waals surface area contributed by atoms with Gasteiger partial charge >= 0.3 is 0 Å². The Balaban J connectivity index is 1.59. The Morgan fingerprint density at radius 1 is 1.15 bits per heavy atom. The molecule has 4 rings (SSSR count). The van der Waals surface area contributed by atoms with E-state index in [9.17, 15) is 4.79 Å². The number of carbonyl (C=O) groups excluding carboxylic acids is 1. The number of para-hydroxylation sites is 1. The summed E-state index contributed by atoms with van der Waals surface area (Å²) in [7, 11) is 1.72. The van der Waals surface area contributed by atoms with E-state index in [2.05, 4.69) is 10.8 Å².